The molecule has 1 heteroatoms. The molecule has 1 N–H and O–H groups in total. The van der Waals surface area contributed by atoms with Crippen LogP contribution < -0.4 is 5.32 Å². The predicted octanol–water partition coefficient (Wildman–Crippen LogP) is 3.96. The molecule has 0 amide bonds. The molecule has 0 spiro atoms. The molecule has 0 heterocycles. The fourth-order valence-corrected chi connectivity index (χ4v) is 2.00. The Labute approximate surface area is 103 Å². The summed E-state index contributed by atoms with van der Waals surface area (Å²) in [6.45, 7) is 5.26. The molecule has 17 heavy (non-hydrogen) atoms. The van der Waals surface area contributed by atoms with Crippen LogP contribution in [0.3, 0.4) is 0 Å². The van der Waals surface area contributed by atoms with Crippen LogP contribution in [0.25, 0.3) is 0 Å². The van der Waals surface area contributed by atoms with Crippen LogP contribution in [0, 0.1) is 13.8 Å². The normalized spacial score (nSPS) is 10.2. The predicted molar refractivity (Wildman–Crippen MR) is 74.6 cm³/mol. The van der Waals surface area contributed by atoms with Crippen LogP contribution in [0.5, 0.6) is 0 Å². The minimum atomic E-state index is 0.980. The minimum absolute atomic E-state index is 0.980. The quantitative estimate of drug-likeness (QED) is 0.830. The Balaban J connectivity index is 1.90. The second kappa shape index (κ2) is 5.53. The van der Waals surface area contributed by atoms with E-state index in [4.69, 9.17) is 0 Å². The lowest BCUT2D eigenvalue weighted by Gasteiger charge is -2.10. The molecule has 0 aliphatic heterocycles. The molecule has 0 bridgehead atoms. The molecular weight excluding hydrogens is 206 g/mol. The topological polar surface area (TPSA) is 12.0 Å². The van der Waals surface area contributed by atoms with Gasteiger partial charge in [0.25, 0.3) is 0 Å². The molecule has 2 aromatic rings. The van der Waals surface area contributed by atoms with Gasteiger partial charge in [-0.1, -0.05) is 48.0 Å². The van der Waals surface area contributed by atoms with Gasteiger partial charge in [-0.3, -0.25) is 0 Å². The van der Waals surface area contributed by atoms with E-state index in [0.717, 1.165) is 13.0 Å². The van der Waals surface area contributed by atoms with Crippen LogP contribution in [0.2, 0.25) is 0 Å². The average Bonchev–Trinajstić information content (AvgIpc) is 2.33. The number of aryl methyl sites for hydroxylation is 2. The summed E-state index contributed by atoms with van der Waals surface area (Å²) >= 11 is 0. The lowest BCUT2D eigenvalue weighted by atomic mass is 10.1. The minimum Gasteiger partial charge on any atom is -0.384 e. The van der Waals surface area contributed by atoms with E-state index in [9.17, 15) is 0 Å². The van der Waals surface area contributed by atoms with Gasteiger partial charge in [0.2, 0.25) is 0 Å². The Hall–Kier alpha value is -1.76. The van der Waals surface area contributed by atoms with Crippen LogP contribution in [-0.4, -0.2) is 6.54 Å². The highest BCUT2D eigenvalue weighted by atomic mass is 14.9. The van der Waals surface area contributed by atoms with Crippen LogP contribution in [-0.2, 0) is 6.42 Å². The molecule has 0 aliphatic carbocycles. The number of benzene rings is 2. The standard InChI is InChI=1S/C16H19N/c1-13-8-9-16(14(2)12-13)17-11-10-15-6-4-3-5-7-15/h3-9,12,17H,10-11H2,1-2H3. The molecule has 88 valence electrons. The van der Waals surface area contributed by atoms with Crippen LogP contribution in [0.15, 0.2) is 48.5 Å². The second-order valence-corrected chi connectivity index (χ2v) is 4.48. The lowest BCUT2D eigenvalue weighted by molar-refractivity contribution is 1.02. The van der Waals surface area contributed by atoms with Crippen molar-refractivity contribution in [2.45, 2.75) is 20.3 Å². The highest BCUT2D eigenvalue weighted by molar-refractivity contribution is 5.51. The fraction of sp³-hybridized carbons (Fsp3) is 0.250. The summed E-state index contributed by atoms with van der Waals surface area (Å²) in [5, 5.41) is 3.49. The molecule has 1 nitrogen and oxygen atoms in total. The molecule has 0 radical (unpaired) electrons. The number of nitrogens with one attached hydrogen (secondary N) is 1. The van der Waals surface area contributed by atoms with Crippen molar-refractivity contribution in [1.82, 2.24) is 0 Å². The van der Waals surface area contributed by atoms with Crippen molar-refractivity contribution in [3.8, 4) is 0 Å². The van der Waals surface area contributed by atoms with E-state index in [2.05, 4.69) is 67.7 Å². The molecule has 2 rings (SSSR count). The van der Waals surface area contributed by atoms with Crippen LogP contribution in [0.4, 0.5) is 5.69 Å². The molecule has 0 aromatic heterocycles. The fourth-order valence-electron chi connectivity index (χ4n) is 2.00. The Morgan fingerprint density at radius 1 is 0.941 bits per heavy atom. The van der Waals surface area contributed by atoms with Gasteiger partial charge in [0.05, 0.1) is 0 Å². The van der Waals surface area contributed by atoms with Crippen molar-refractivity contribution in [3.05, 3.63) is 65.2 Å². The van der Waals surface area contributed by atoms with Crippen molar-refractivity contribution >= 4 is 5.69 Å². The van der Waals surface area contributed by atoms with Crippen molar-refractivity contribution in [2.24, 2.45) is 0 Å². The number of anilines is 1. The maximum Gasteiger partial charge on any atom is 0.0370 e. The molecule has 0 fully saturated rings. The van der Waals surface area contributed by atoms with Gasteiger partial charge in [-0.2, -0.15) is 0 Å². The molecule has 0 unspecified atom stereocenters. The molecule has 0 aliphatic rings. The first-order chi connectivity index (χ1) is 8.25. The number of hydrogen-bond acceptors (Lipinski definition) is 1. The smallest absolute Gasteiger partial charge is 0.0370 e. The third kappa shape index (κ3) is 3.35. The van der Waals surface area contributed by atoms with E-state index in [-0.39, 0.29) is 0 Å². The third-order valence-electron chi connectivity index (χ3n) is 2.95. The zero-order valence-corrected chi connectivity index (χ0v) is 10.5. The average molecular weight is 225 g/mol. The summed E-state index contributed by atoms with van der Waals surface area (Å²) in [5.41, 5.74) is 5.26. The highest BCUT2D eigenvalue weighted by Crippen LogP contribution is 2.15. The highest BCUT2D eigenvalue weighted by Gasteiger charge is 1.97. The van der Waals surface area contributed by atoms with Crippen molar-refractivity contribution in [2.75, 3.05) is 11.9 Å². The van der Waals surface area contributed by atoms with Gasteiger partial charge in [-0.25, -0.2) is 0 Å². The molecule has 0 atom stereocenters. The van der Waals surface area contributed by atoms with Gasteiger partial charge >= 0.3 is 0 Å². The Kier molecular flexibility index (Phi) is 3.81. The van der Waals surface area contributed by atoms with Crippen molar-refractivity contribution in [3.63, 3.8) is 0 Å². The molecular formula is C16H19N. The molecule has 2 aromatic carbocycles. The zero-order chi connectivity index (χ0) is 12.1. The SMILES string of the molecule is Cc1ccc(NCCc2ccccc2)c(C)c1. The van der Waals surface area contributed by atoms with Gasteiger partial charge < -0.3 is 5.32 Å². The van der Waals surface area contributed by atoms with Gasteiger partial charge in [0, 0.05) is 12.2 Å². The summed E-state index contributed by atoms with van der Waals surface area (Å²) in [5.74, 6) is 0. The summed E-state index contributed by atoms with van der Waals surface area (Å²) in [7, 11) is 0. The van der Waals surface area contributed by atoms with Gasteiger partial charge in [-0.05, 0) is 37.5 Å². The summed E-state index contributed by atoms with van der Waals surface area (Å²) in [6, 6.07) is 17.1. The first kappa shape index (κ1) is 11.7. The van der Waals surface area contributed by atoms with E-state index in [1.807, 2.05) is 0 Å². The molecule has 0 saturated carbocycles. The first-order valence-electron chi connectivity index (χ1n) is 6.11. The van der Waals surface area contributed by atoms with Crippen molar-refractivity contribution in [1.29, 1.82) is 0 Å². The Morgan fingerprint density at radius 3 is 2.41 bits per heavy atom. The van der Waals surface area contributed by atoms with Crippen LogP contribution in [0.1, 0.15) is 16.7 Å². The number of rotatable bonds is 4. The van der Waals surface area contributed by atoms with Crippen LogP contribution >= 0.6 is 0 Å². The summed E-state index contributed by atoms with van der Waals surface area (Å²) in [6.07, 6.45) is 1.06. The van der Waals surface area contributed by atoms with E-state index in [0.29, 0.717) is 0 Å². The Morgan fingerprint density at radius 2 is 1.71 bits per heavy atom. The summed E-state index contributed by atoms with van der Waals surface area (Å²) < 4.78 is 0. The van der Waals surface area contributed by atoms with E-state index in [1.165, 1.54) is 22.4 Å². The lowest BCUT2D eigenvalue weighted by Crippen LogP contribution is -2.05. The van der Waals surface area contributed by atoms with E-state index in [1.54, 1.807) is 0 Å². The van der Waals surface area contributed by atoms with E-state index >= 15 is 0 Å². The van der Waals surface area contributed by atoms with Crippen molar-refractivity contribution < 1.29 is 0 Å². The largest absolute Gasteiger partial charge is 0.384 e. The van der Waals surface area contributed by atoms with Gasteiger partial charge in [0.15, 0.2) is 0 Å². The third-order valence-corrected chi connectivity index (χ3v) is 2.95. The zero-order valence-electron chi connectivity index (χ0n) is 10.5. The maximum absolute atomic E-state index is 3.49. The second-order valence-electron chi connectivity index (χ2n) is 4.48. The Bertz CT molecular complexity index is 474. The van der Waals surface area contributed by atoms with Gasteiger partial charge in [-0.15, -0.1) is 0 Å². The number of hydrogen-bond donors (Lipinski definition) is 1. The summed E-state index contributed by atoms with van der Waals surface area (Å²) in [4.78, 5) is 0. The first-order valence-corrected chi connectivity index (χ1v) is 6.11. The van der Waals surface area contributed by atoms with Gasteiger partial charge in [0.1, 0.15) is 0 Å². The monoisotopic (exact) mass is 225 g/mol. The van der Waals surface area contributed by atoms with E-state index < -0.39 is 0 Å². The maximum atomic E-state index is 3.49. The molecule has 0 saturated heterocycles.